The van der Waals surface area contributed by atoms with Crippen molar-refractivity contribution in [3.8, 4) is 11.3 Å². The standard InChI is InChI=1S/C13H10IN3O/c1-8-12(14)13-15-11(18)7-10(17(13)16-8)9-5-3-2-4-6-9/h2-7H,1H3,(H,15,18). The van der Waals surface area contributed by atoms with Crippen LogP contribution in [0.2, 0.25) is 0 Å². The lowest BCUT2D eigenvalue weighted by Crippen LogP contribution is -2.09. The third-order valence-electron chi connectivity index (χ3n) is 2.79. The van der Waals surface area contributed by atoms with Gasteiger partial charge in [0.2, 0.25) is 0 Å². The fourth-order valence-electron chi connectivity index (χ4n) is 1.94. The van der Waals surface area contributed by atoms with Crippen molar-refractivity contribution in [1.82, 2.24) is 14.6 Å². The van der Waals surface area contributed by atoms with Gasteiger partial charge in [0.15, 0.2) is 0 Å². The van der Waals surface area contributed by atoms with E-state index in [0.29, 0.717) is 0 Å². The van der Waals surface area contributed by atoms with Crippen molar-refractivity contribution in [2.24, 2.45) is 0 Å². The minimum atomic E-state index is -0.112. The molecule has 18 heavy (non-hydrogen) atoms. The first-order valence-electron chi connectivity index (χ1n) is 5.50. The van der Waals surface area contributed by atoms with Gasteiger partial charge in [-0.05, 0) is 29.5 Å². The van der Waals surface area contributed by atoms with Crippen LogP contribution in [0.1, 0.15) is 5.69 Å². The Morgan fingerprint density at radius 2 is 2.00 bits per heavy atom. The van der Waals surface area contributed by atoms with E-state index in [1.165, 1.54) is 0 Å². The molecule has 0 bridgehead atoms. The minimum absolute atomic E-state index is 0.112. The topological polar surface area (TPSA) is 50.2 Å². The van der Waals surface area contributed by atoms with E-state index >= 15 is 0 Å². The second-order valence-electron chi connectivity index (χ2n) is 4.04. The summed E-state index contributed by atoms with van der Waals surface area (Å²) >= 11 is 2.20. The maximum atomic E-state index is 11.7. The van der Waals surface area contributed by atoms with Gasteiger partial charge in [-0.2, -0.15) is 5.10 Å². The monoisotopic (exact) mass is 351 g/mol. The average molecular weight is 351 g/mol. The second kappa shape index (κ2) is 4.24. The molecule has 0 saturated heterocycles. The van der Waals surface area contributed by atoms with E-state index < -0.39 is 0 Å². The van der Waals surface area contributed by atoms with Crippen LogP contribution in [0.25, 0.3) is 16.9 Å². The summed E-state index contributed by atoms with van der Waals surface area (Å²) < 4.78 is 2.76. The number of H-pyrrole nitrogens is 1. The van der Waals surface area contributed by atoms with Gasteiger partial charge in [-0.1, -0.05) is 30.3 Å². The van der Waals surface area contributed by atoms with E-state index in [1.54, 1.807) is 10.6 Å². The predicted molar refractivity (Wildman–Crippen MR) is 78.7 cm³/mol. The number of nitrogens with zero attached hydrogens (tertiary/aromatic N) is 2. The summed E-state index contributed by atoms with van der Waals surface area (Å²) in [6.07, 6.45) is 0. The van der Waals surface area contributed by atoms with Crippen LogP contribution in [-0.2, 0) is 0 Å². The van der Waals surface area contributed by atoms with E-state index in [-0.39, 0.29) is 5.56 Å². The van der Waals surface area contributed by atoms with Gasteiger partial charge < -0.3 is 4.98 Å². The zero-order valence-corrected chi connectivity index (χ0v) is 11.8. The molecule has 1 N–H and O–H groups in total. The zero-order valence-electron chi connectivity index (χ0n) is 9.64. The Kier molecular flexibility index (Phi) is 2.70. The first-order chi connectivity index (χ1) is 8.66. The Labute approximate surface area is 117 Å². The lowest BCUT2D eigenvalue weighted by atomic mass is 10.1. The number of aromatic nitrogens is 3. The molecule has 0 spiro atoms. The fraction of sp³-hybridized carbons (Fsp3) is 0.0769. The number of aromatic amines is 1. The molecule has 4 nitrogen and oxygen atoms in total. The molecule has 2 heterocycles. The van der Waals surface area contributed by atoms with Crippen LogP contribution in [0.3, 0.4) is 0 Å². The molecule has 3 rings (SSSR count). The first kappa shape index (κ1) is 11.5. The summed E-state index contributed by atoms with van der Waals surface area (Å²) in [5.74, 6) is 0. The maximum absolute atomic E-state index is 11.7. The molecule has 0 fully saturated rings. The highest BCUT2D eigenvalue weighted by Gasteiger charge is 2.12. The molecular formula is C13H10IN3O. The van der Waals surface area contributed by atoms with Crippen molar-refractivity contribution >= 4 is 28.2 Å². The van der Waals surface area contributed by atoms with Gasteiger partial charge in [-0.3, -0.25) is 4.79 Å². The number of fused-ring (bicyclic) bond motifs is 1. The van der Waals surface area contributed by atoms with E-state index in [0.717, 1.165) is 26.2 Å². The molecule has 5 heteroatoms. The molecule has 1 aromatic carbocycles. The van der Waals surface area contributed by atoms with Gasteiger partial charge in [0, 0.05) is 11.6 Å². The van der Waals surface area contributed by atoms with Crippen LogP contribution in [0.4, 0.5) is 0 Å². The molecule has 2 aromatic heterocycles. The van der Waals surface area contributed by atoms with Crippen LogP contribution >= 0.6 is 22.6 Å². The lowest BCUT2D eigenvalue weighted by molar-refractivity contribution is 0.918. The number of aryl methyl sites for hydroxylation is 1. The number of rotatable bonds is 1. The Morgan fingerprint density at radius 3 is 2.72 bits per heavy atom. The number of nitrogens with one attached hydrogen (secondary N) is 1. The summed E-state index contributed by atoms with van der Waals surface area (Å²) in [5, 5.41) is 4.47. The van der Waals surface area contributed by atoms with Crippen LogP contribution in [0.15, 0.2) is 41.2 Å². The van der Waals surface area contributed by atoms with Gasteiger partial charge in [0.05, 0.1) is 15.0 Å². The highest BCUT2D eigenvalue weighted by Crippen LogP contribution is 2.21. The smallest absolute Gasteiger partial charge is 0.251 e. The van der Waals surface area contributed by atoms with Gasteiger partial charge in [0.1, 0.15) is 5.65 Å². The quantitative estimate of drug-likeness (QED) is 0.686. The predicted octanol–water partition coefficient (Wildman–Crippen LogP) is 2.60. The Balaban J connectivity index is 2.43. The van der Waals surface area contributed by atoms with Crippen molar-refractivity contribution in [3.05, 3.63) is 56.0 Å². The highest BCUT2D eigenvalue weighted by atomic mass is 127. The molecule has 90 valence electrons. The molecule has 0 saturated carbocycles. The van der Waals surface area contributed by atoms with Crippen LogP contribution in [0.5, 0.6) is 0 Å². The summed E-state index contributed by atoms with van der Waals surface area (Å²) in [7, 11) is 0. The minimum Gasteiger partial charge on any atom is -0.306 e. The van der Waals surface area contributed by atoms with Crippen molar-refractivity contribution < 1.29 is 0 Å². The Hall–Kier alpha value is -1.63. The van der Waals surface area contributed by atoms with E-state index in [2.05, 4.69) is 32.7 Å². The summed E-state index contributed by atoms with van der Waals surface area (Å²) in [5.41, 5.74) is 3.33. The number of hydrogen-bond donors (Lipinski definition) is 1. The van der Waals surface area contributed by atoms with E-state index in [1.807, 2.05) is 37.3 Å². The zero-order chi connectivity index (χ0) is 12.7. The maximum Gasteiger partial charge on any atom is 0.251 e. The largest absolute Gasteiger partial charge is 0.306 e. The molecule has 0 aliphatic rings. The molecule has 0 amide bonds. The third-order valence-corrected chi connectivity index (χ3v) is 4.09. The number of benzene rings is 1. The molecule has 0 atom stereocenters. The molecule has 0 radical (unpaired) electrons. The Morgan fingerprint density at radius 1 is 1.28 bits per heavy atom. The van der Waals surface area contributed by atoms with E-state index in [9.17, 15) is 4.79 Å². The van der Waals surface area contributed by atoms with Gasteiger partial charge in [-0.15, -0.1) is 0 Å². The van der Waals surface area contributed by atoms with Crippen LogP contribution in [0, 0.1) is 10.5 Å². The molecule has 0 aliphatic heterocycles. The van der Waals surface area contributed by atoms with Gasteiger partial charge in [-0.25, -0.2) is 4.52 Å². The molecule has 0 aliphatic carbocycles. The first-order valence-corrected chi connectivity index (χ1v) is 6.58. The highest BCUT2D eigenvalue weighted by molar-refractivity contribution is 14.1. The van der Waals surface area contributed by atoms with Crippen LogP contribution < -0.4 is 5.56 Å². The fourth-order valence-corrected chi connectivity index (χ4v) is 2.41. The van der Waals surface area contributed by atoms with Gasteiger partial charge >= 0.3 is 0 Å². The number of halogens is 1. The Bertz CT molecular complexity index is 774. The van der Waals surface area contributed by atoms with Gasteiger partial charge in [0.25, 0.3) is 5.56 Å². The SMILES string of the molecule is Cc1nn2c(-c3ccccc3)cc(=O)[nH]c2c1I. The van der Waals surface area contributed by atoms with Crippen molar-refractivity contribution in [3.63, 3.8) is 0 Å². The van der Waals surface area contributed by atoms with E-state index in [4.69, 9.17) is 0 Å². The van der Waals surface area contributed by atoms with Crippen molar-refractivity contribution in [1.29, 1.82) is 0 Å². The molecule has 3 aromatic rings. The van der Waals surface area contributed by atoms with Crippen LogP contribution in [-0.4, -0.2) is 14.6 Å². The lowest BCUT2D eigenvalue weighted by Gasteiger charge is -2.04. The molecule has 0 unspecified atom stereocenters. The van der Waals surface area contributed by atoms with Crippen molar-refractivity contribution in [2.75, 3.05) is 0 Å². The summed E-state index contributed by atoms with van der Waals surface area (Å²) in [6, 6.07) is 11.4. The average Bonchev–Trinajstić information content (AvgIpc) is 2.66. The number of hydrogen-bond acceptors (Lipinski definition) is 2. The summed E-state index contributed by atoms with van der Waals surface area (Å²) in [6.45, 7) is 1.93. The second-order valence-corrected chi connectivity index (χ2v) is 5.12. The molecular weight excluding hydrogens is 341 g/mol. The van der Waals surface area contributed by atoms with Crippen molar-refractivity contribution in [2.45, 2.75) is 6.92 Å². The normalized spacial score (nSPS) is 11.0. The summed E-state index contributed by atoms with van der Waals surface area (Å²) in [4.78, 5) is 14.6. The third kappa shape index (κ3) is 1.74.